The molecule has 33 heavy (non-hydrogen) atoms. The summed E-state index contributed by atoms with van der Waals surface area (Å²) in [5.41, 5.74) is 2.41. The maximum absolute atomic E-state index is 12.9. The third-order valence-corrected chi connectivity index (χ3v) is 7.42. The third kappa shape index (κ3) is 6.75. The van der Waals surface area contributed by atoms with Crippen molar-refractivity contribution in [2.24, 2.45) is 0 Å². The first-order valence-corrected chi connectivity index (χ1v) is 12.9. The second-order valence-corrected chi connectivity index (χ2v) is 9.64. The molecule has 3 rings (SSSR count). The second-order valence-electron chi connectivity index (χ2n) is 8.45. The summed E-state index contributed by atoms with van der Waals surface area (Å²) in [5, 5.41) is 15.9. The summed E-state index contributed by atoms with van der Waals surface area (Å²) in [6.07, 6.45) is 5.12. The summed E-state index contributed by atoms with van der Waals surface area (Å²) >= 11 is 1.33. The van der Waals surface area contributed by atoms with Gasteiger partial charge in [0.1, 0.15) is 16.7 Å². The molecule has 1 aromatic rings. The quantitative estimate of drug-likeness (QED) is 0.382. The van der Waals surface area contributed by atoms with Gasteiger partial charge in [-0.3, -0.25) is 9.59 Å². The van der Waals surface area contributed by atoms with E-state index in [1.54, 1.807) is 4.90 Å². The van der Waals surface area contributed by atoms with E-state index < -0.39 is 5.91 Å². The number of likely N-dealkylation sites (tertiary alicyclic amines) is 1. The third-order valence-electron chi connectivity index (χ3n) is 6.05. The number of rotatable bonds is 11. The summed E-state index contributed by atoms with van der Waals surface area (Å²) in [6.45, 7) is 8.99. The molecule has 0 spiro atoms. The van der Waals surface area contributed by atoms with E-state index in [4.69, 9.17) is 0 Å². The zero-order valence-electron chi connectivity index (χ0n) is 19.7. The molecule has 0 bridgehead atoms. The van der Waals surface area contributed by atoms with Crippen LogP contribution < -0.4 is 10.6 Å². The van der Waals surface area contributed by atoms with Gasteiger partial charge in [0.25, 0.3) is 5.91 Å². The summed E-state index contributed by atoms with van der Waals surface area (Å²) in [5.74, 6) is -0.440. The van der Waals surface area contributed by atoms with Crippen LogP contribution in [0.25, 0.3) is 0 Å². The van der Waals surface area contributed by atoms with E-state index >= 15 is 0 Å². The Morgan fingerprint density at radius 3 is 2.55 bits per heavy atom. The van der Waals surface area contributed by atoms with Crippen LogP contribution in [0.5, 0.6) is 0 Å². The van der Waals surface area contributed by atoms with Crippen molar-refractivity contribution in [2.45, 2.75) is 51.2 Å². The average molecular weight is 470 g/mol. The number of carbonyl (C=O) groups is 2. The lowest BCUT2D eigenvalue weighted by atomic mass is 10.1. The highest BCUT2D eigenvalue weighted by atomic mass is 32.2. The van der Waals surface area contributed by atoms with Gasteiger partial charge in [0.05, 0.1) is 5.25 Å². The fraction of sp³-hybridized carbons (Fsp3) is 0.560. The minimum Gasteiger partial charge on any atom is -0.385 e. The molecule has 1 unspecified atom stereocenters. The Balaban J connectivity index is 1.52. The predicted molar refractivity (Wildman–Crippen MR) is 134 cm³/mol. The smallest absolute Gasteiger partial charge is 0.264 e. The van der Waals surface area contributed by atoms with Gasteiger partial charge in [0.2, 0.25) is 5.91 Å². The number of nitrogens with zero attached hydrogens (tertiary/aromatic N) is 3. The Bertz CT molecular complexity index is 887. The van der Waals surface area contributed by atoms with Crippen LogP contribution in [0, 0.1) is 11.3 Å². The Hall–Kier alpha value is -2.50. The summed E-state index contributed by atoms with van der Waals surface area (Å²) in [4.78, 5) is 29.3. The average Bonchev–Trinajstić information content (AvgIpc) is 3.46. The first-order chi connectivity index (χ1) is 16.1. The van der Waals surface area contributed by atoms with Crippen LogP contribution in [0.15, 0.2) is 34.9 Å². The van der Waals surface area contributed by atoms with Gasteiger partial charge in [0, 0.05) is 31.9 Å². The normalized spacial score (nSPS) is 20.1. The van der Waals surface area contributed by atoms with E-state index in [1.807, 2.05) is 19.9 Å². The zero-order valence-corrected chi connectivity index (χ0v) is 20.5. The molecular formula is C25H35N5O2S. The van der Waals surface area contributed by atoms with E-state index in [1.165, 1.54) is 43.3 Å². The molecule has 1 aromatic carbocycles. The maximum atomic E-state index is 12.9. The summed E-state index contributed by atoms with van der Waals surface area (Å²) in [6, 6.07) is 10.5. The van der Waals surface area contributed by atoms with Crippen molar-refractivity contribution in [1.82, 2.24) is 15.1 Å². The van der Waals surface area contributed by atoms with Gasteiger partial charge in [-0.2, -0.15) is 5.26 Å². The van der Waals surface area contributed by atoms with Crippen LogP contribution in [-0.2, 0) is 16.0 Å². The molecule has 0 aliphatic carbocycles. The molecule has 2 aliphatic rings. The van der Waals surface area contributed by atoms with Gasteiger partial charge in [-0.05, 0) is 69.8 Å². The van der Waals surface area contributed by atoms with Crippen molar-refractivity contribution < 1.29 is 9.59 Å². The molecule has 0 saturated carbocycles. The fourth-order valence-corrected chi connectivity index (χ4v) is 5.49. The summed E-state index contributed by atoms with van der Waals surface area (Å²) < 4.78 is 0. The van der Waals surface area contributed by atoms with Crippen LogP contribution in [0.3, 0.4) is 0 Å². The monoisotopic (exact) mass is 469 g/mol. The summed E-state index contributed by atoms with van der Waals surface area (Å²) in [7, 11) is 0. The number of hydrogen-bond acceptors (Lipinski definition) is 6. The van der Waals surface area contributed by atoms with Gasteiger partial charge in [-0.1, -0.05) is 30.8 Å². The molecule has 1 atom stereocenters. The lowest BCUT2D eigenvalue weighted by Crippen LogP contribution is -2.32. The number of nitriles is 1. The number of amides is 2. The molecule has 2 fully saturated rings. The standard InChI is InChI=1S/C25H35N5O2S/c1-3-13-28-23(31)21(18-26)25-30(4-2)24(32)22(33-25)11-14-27-20-9-7-19(8-10-20)12-17-29-15-5-6-16-29/h7-10,22,27H,3-6,11-17H2,1-2H3,(H,28,31)/b25-21-. The van der Waals surface area contributed by atoms with Gasteiger partial charge in [-0.25, -0.2) is 0 Å². The Kier molecular flexibility index (Phi) is 9.64. The molecule has 0 radical (unpaired) electrons. The molecule has 178 valence electrons. The van der Waals surface area contributed by atoms with Crippen LogP contribution in [0.2, 0.25) is 0 Å². The minimum atomic E-state index is -0.406. The number of anilines is 1. The molecule has 2 heterocycles. The van der Waals surface area contributed by atoms with Crippen molar-refractivity contribution in [3.63, 3.8) is 0 Å². The van der Waals surface area contributed by atoms with Gasteiger partial charge in [0.15, 0.2) is 0 Å². The first-order valence-electron chi connectivity index (χ1n) is 12.0. The molecule has 0 aromatic heterocycles. The number of thioether (sulfide) groups is 1. The van der Waals surface area contributed by atoms with Crippen molar-refractivity contribution in [2.75, 3.05) is 44.6 Å². The molecule has 7 nitrogen and oxygen atoms in total. The first kappa shape index (κ1) is 25.1. The highest BCUT2D eigenvalue weighted by Gasteiger charge is 2.38. The molecule has 2 amide bonds. The van der Waals surface area contributed by atoms with Crippen molar-refractivity contribution in [3.05, 3.63) is 40.4 Å². The van der Waals surface area contributed by atoms with E-state index in [-0.39, 0.29) is 16.7 Å². The number of benzene rings is 1. The number of hydrogen-bond donors (Lipinski definition) is 2. The second kappa shape index (κ2) is 12.7. The maximum Gasteiger partial charge on any atom is 0.264 e. The van der Waals surface area contributed by atoms with E-state index in [9.17, 15) is 14.9 Å². The number of carbonyl (C=O) groups excluding carboxylic acids is 2. The Labute approximate surface area is 201 Å². The minimum absolute atomic E-state index is 0.0311. The highest BCUT2D eigenvalue weighted by molar-refractivity contribution is 8.04. The van der Waals surface area contributed by atoms with Crippen LogP contribution in [0.1, 0.15) is 45.1 Å². The van der Waals surface area contributed by atoms with Gasteiger partial charge < -0.3 is 20.4 Å². The molecule has 2 aliphatic heterocycles. The van der Waals surface area contributed by atoms with Gasteiger partial charge in [-0.15, -0.1) is 0 Å². The Morgan fingerprint density at radius 1 is 1.18 bits per heavy atom. The van der Waals surface area contributed by atoms with E-state index in [0.29, 0.717) is 31.1 Å². The Morgan fingerprint density at radius 2 is 1.91 bits per heavy atom. The predicted octanol–water partition coefficient (Wildman–Crippen LogP) is 3.35. The van der Waals surface area contributed by atoms with Crippen LogP contribution in [0.4, 0.5) is 5.69 Å². The topological polar surface area (TPSA) is 88.5 Å². The van der Waals surface area contributed by atoms with E-state index in [2.05, 4.69) is 39.8 Å². The van der Waals surface area contributed by atoms with Crippen molar-refractivity contribution in [3.8, 4) is 6.07 Å². The molecular weight excluding hydrogens is 434 g/mol. The van der Waals surface area contributed by atoms with Crippen molar-refractivity contribution >= 4 is 29.3 Å². The fourth-order valence-electron chi connectivity index (χ4n) is 4.15. The highest BCUT2D eigenvalue weighted by Crippen LogP contribution is 2.38. The van der Waals surface area contributed by atoms with Crippen LogP contribution >= 0.6 is 11.8 Å². The van der Waals surface area contributed by atoms with E-state index in [0.717, 1.165) is 25.1 Å². The molecule has 2 N–H and O–H groups in total. The zero-order chi connectivity index (χ0) is 23.6. The van der Waals surface area contributed by atoms with Gasteiger partial charge >= 0.3 is 0 Å². The lowest BCUT2D eigenvalue weighted by molar-refractivity contribution is -0.127. The van der Waals surface area contributed by atoms with Crippen molar-refractivity contribution in [1.29, 1.82) is 5.26 Å². The molecule has 8 heteroatoms. The molecule has 2 saturated heterocycles. The lowest BCUT2D eigenvalue weighted by Gasteiger charge is -2.16. The largest absolute Gasteiger partial charge is 0.385 e. The SMILES string of the molecule is CCCNC(=O)/C(C#N)=C1\SC(CCNc2ccc(CCN3CCCC3)cc2)C(=O)N1CC. The van der Waals surface area contributed by atoms with Crippen LogP contribution in [-0.4, -0.2) is 66.1 Å². The number of nitrogens with one attached hydrogen (secondary N) is 2.